The van der Waals surface area contributed by atoms with E-state index >= 15 is 0 Å². The average molecular weight is 265 g/mol. The molecule has 0 unspecified atom stereocenters. The van der Waals surface area contributed by atoms with Gasteiger partial charge in [-0.15, -0.1) is 5.10 Å². The Hall–Kier alpha value is -2.02. The third-order valence-electron chi connectivity index (χ3n) is 2.43. The van der Waals surface area contributed by atoms with Crippen LogP contribution in [0.25, 0.3) is 0 Å². The monoisotopic (exact) mass is 265 g/mol. The lowest BCUT2D eigenvalue weighted by atomic mass is 10.3. The maximum absolute atomic E-state index is 12.3. The first kappa shape index (κ1) is 13.4. The normalized spacial score (nSPS) is 11.2. The lowest BCUT2D eigenvalue weighted by Gasteiger charge is -2.14. The summed E-state index contributed by atoms with van der Waals surface area (Å²) in [5, 5.41) is 7.25. The molecule has 0 radical (unpaired) electrons. The molecular formula is C12H13F2N5. The van der Waals surface area contributed by atoms with Crippen LogP contribution in [0, 0.1) is 0 Å². The van der Waals surface area contributed by atoms with Gasteiger partial charge in [0.25, 0.3) is 6.43 Å². The van der Waals surface area contributed by atoms with Gasteiger partial charge in [0, 0.05) is 18.9 Å². The van der Waals surface area contributed by atoms with Gasteiger partial charge < -0.3 is 0 Å². The summed E-state index contributed by atoms with van der Waals surface area (Å²) in [5.41, 5.74) is 0.320. The second kappa shape index (κ2) is 6.24. The molecule has 0 aromatic carbocycles. The Kier molecular flexibility index (Phi) is 4.40. The molecule has 7 heteroatoms. The first-order valence-electron chi connectivity index (χ1n) is 5.70. The van der Waals surface area contributed by atoms with Crippen molar-refractivity contribution < 1.29 is 8.78 Å². The van der Waals surface area contributed by atoms with Crippen molar-refractivity contribution in [2.24, 2.45) is 0 Å². The Labute approximate surface area is 109 Å². The van der Waals surface area contributed by atoms with Crippen LogP contribution in [0.3, 0.4) is 0 Å². The van der Waals surface area contributed by atoms with Crippen molar-refractivity contribution in [2.75, 3.05) is 7.05 Å². The topological polar surface area (TPSA) is 54.8 Å². The number of hydrogen-bond donors (Lipinski definition) is 0. The summed E-state index contributed by atoms with van der Waals surface area (Å²) < 4.78 is 24.6. The first-order valence-corrected chi connectivity index (χ1v) is 5.70. The molecule has 0 aliphatic rings. The standard InChI is InChI=1S/C12H13F2N5/c1-19(8-11-15-5-2-6-16-11)7-9-3-4-10(12(13)14)18-17-9/h2-6,12H,7-8H2,1H3. The smallest absolute Gasteiger partial charge is 0.282 e. The predicted molar refractivity (Wildman–Crippen MR) is 64.2 cm³/mol. The second-order valence-corrected chi connectivity index (χ2v) is 4.09. The van der Waals surface area contributed by atoms with Gasteiger partial charge in [0.05, 0.1) is 12.2 Å². The molecule has 0 aliphatic carbocycles. The highest BCUT2D eigenvalue weighted by atomic mass is 19.3. The van der Waals surface area contributed by atoms with Gasteiger partial charge in [-0.25, -0.2) is 18.7 Å². The molecule has 2 rings (SSSR count). The summed E-state index contributed by atoms with van der Waals surface area (Å²) in [6, 6.07) is 4.59. The predicted octanol–water partition coefficient (Wildman–Crippen LogP) is 1.84. The van der Waals surface area contributed by atoms with Gasteiger partial charge >= 0.3 is 0 Å². The van der Waals surface area contributed by atoms with Crippen molar-refractivity contribution in [1.29, 1.82) is 0 Å². The molecule has 0 amide bonds. The fourth-order valence-electron chi connectivity index (χ4n) is 1.56. The van der Waals surface area contributed by atoms with Gasteiger partial charge in [-0.05, 0) is 25.2 Å². The molecular weight excluding hydrogens is 252 g/mol. The highest BCUT2D eigenvalue weighted by molar-refractivity contribution is 5.07. The molecule has 100 valence electrons. The summed E-state index contributed by atoms with van der Waals surface area (Å²) in [6.07, 6.45) is 0.762. The van der Waals surface area contributed by atoms with Crippen LogP contribution in [0.5, 0.6) is 0 Å². The Morgan fingerprint density at radius 2 is 1.84 bits per heavy atom. The molecule has 0 aliphatic heterocycles. The van der Waals surface area contributed by atoms with Crippen molar-refractivity contribution in [3.05, 3.63) is 47.8 Å². The molecule has 2 aromatic rings. The zero-order chi connectivity index (χ0) is 13.7. The fraction of sp³-hybridized carbons (Fsp3) is 0.333. The third kappa shape index (κ3) is 3.99. The molecule has 0 spiro atoms. The van der Waals surface area contributed by atoms with Gasteiger partial charge in [-0.1, -0.05) is 0 Å². The first-order chi connectivity index (χ1) is 9.15. The van der Waals surface area contributed by atoms with Crippen molar-refractivity contribution >= 4 is 0 Å². The third-order valence-corrected chi connectivity index (χ3v) is 2.43. The van der Waals surface area contributed by atoms with E-state index in [1.165, 1.54) is 6.07 Å². The largest absolute Gasteiger partial charge is 0.293 e. The van der Waals surface area contributed by atoms with E-state index in [-0.39, 0.29) is 5.69 Å². The van der Waals surface area contributed by atoms with Crippen LogP contribution < -0.4 is 0 Å². The molecule has 0 atom stereocenters. The summed E-state index contributed by atoms with van der Waals surface area (Å²) in [7, 11) is 1.87. The minimum atomic E-state index is -2.59. The number of hydrogen-bond acceptors (Lipinski definition) is 5. The number of halogens is 2. The molecule has 5 nitrogen and oxygen atoms in total. The number of alkyl halides is 2. The Morgan fingerprint density at radius 1 is 1.11 bits per heavy atom. The highest BCUT2D eigenvalue weighted by Gasteiger charge is 2.10. The second-order valence-electron chi connectivity index (χ2n) is 4.09. The Morgan fingerprint density at radius 3 is 2.42 bits per heavy atom. The minimum Gasteiger partial charge on any atom is -0.293 e. The molecule has 0 fully saturated rings. The summed E-state index contributed by atoms with van der Waals surface area (Å²) in [4.78, 5) is 10.2. The molecule has 2 heterocycles. The van der Waals surface area contributed by atoms with Crippen molar-refractivity contribution in [3.8, 4) is 0 Å². The zero-order valence-corrected chi connectivity index (χ0v) is 10.4. The van der Waals surface area contributed by atoms with E-state index in [1.54, 1.807) is 24.5 Å². The molecule has 0 saturated heterocycles. The molecule has 0 bridgehead atoms. The van der Waals surface area contributed by atoms with E-state index < -0.39 is 6.43 Å². The maximum atomic E-state index is 12.3. The number of nitrogens with zero attached hydrogens (tertiary/aromatic N) is 5. The van der Waals surface area contributed by atoms with Crippen molar-refractivity contribution in [2.45, 2.75) is 19.5 Å². The number of rotatable bonds is 5. The zero-order valence-electron chi connectivity index (χ0n) is 10.4. The molecule has 0 saturated carbocycles. The van der Waals surface area contributed by atoms with E-state index in [4.69, 9.17) is 0 Å². The van der Waals surface area contributed by atoms with E-state index in [1.807, 2.05) is 11.9 Å². The van der Waals surface area contributed by atoms with E-state index in [0.29, 0.717) is 24.6 Å². The quantitative estimate of drug-likeness (QED) is 0.825. The van der Waals surface area contributed by atoms with Gasteiger partial charge in [-0.2, -0.15) is 5.10 Å². The van der Waals surface area contributed by atoms with Crippen molar-refractivity contribution in [1.82, 2.24) is 25.1 Å². The maximum Gasteiger partial charge on any atom is 0.282 e. The van der Waals surface area contributed by atoms with E-state index in [0.717, 1.165) is 0 Å². The Balaban J connectivity index is 1.93. The minimum absolute atomic E-state index is 0.308. The summed E-state index contributed by atoms with van der Waals surface area (Å²) in [5.74, 6) is 0.696. The SMILES string of the molecule is CN(Cc1ccc(C(F)F)nn1)Cc1ncccn1. The Bertz CT molecular complexity index is 503. The van der Waals surface area contributed by atoms with Crippen LogP contribution in [-0.2, 0) is 13.1 Å². The molecule has 2 aromatic heterocycles. The van der Waals surface area contributed by atoms with Crippen molar-refractivity contribution in [3.63, 3.8) is 0 Å². The average Bonchev–Trinajstić information content (AvgIpc) is 2.40. The van der Waals surface area contributed by atoms with Crippen LogP contribution in [0.2, 0.25) is 0 Å². The molecule has 0 N–H and O–H groups in total. The van der Waals surface area contributed by atoms with Gasteiger partial charge in [0.2, 0.25) is 0 Å². The van der Waals surface area contributed by atoms with Crippen LogP contribution in [0.4, 0.5) is 8.78 Å². The molecule has 19 heavy (non-hydrogen) atoms. The highest BCUT2D eigenvalue weighted by Crippen LogP contribution is 2.15. The van der Waals surface area contributed by atoms with Crippen LogP contribution in [-0.4, -0.2) is 32.1 Å². The van der Waals surface area contributed by atoms with Gasteiger partial charge in [-0.3, -0.25) is 4.90 Å². The fourth-order valence-corrected chi connectivity index (χ4v) is 1.56. The number of aromatic nitrogens is 4. The van der Waals surface area contributed by atoms with Crippen LogP contribution in [0.1, 0.15) is 23.6 Å². The van der Waals surface area contributed by atoms with Crippen LogP contribution >= 0.6 is 0 Å². The summed E-state index contributed by atoms with van der Waals surface area (Å²) in [6.45, 7) is 1.05. The van der Waals surface area contributed by atoms with E-state index in [9.17, 15) is 8.78 Å². The lowest BCUT2D eigenvalue weighted by Crippen LogP contribution is -2.19. The lowest BCUT2D eigenvalue weighted by molar-refractivity contribution is 0.144. The van der Waals surface area contributed by atoms with Gasteiger partial charge in [0.15, 0.2) is 0 Å². The van der Waals surface area contributed by atoms with Gasteiger partial charge in [0.1, 0.15) is 11.5 Å². The van der Waals surface area contributed by atoms with Crippen LogP contribution in [0.15, 0.2) is 30.6 Å². The summed E-state index contributed by atoms with van der Waals surface area (Å²) >= 11 is 0. The van der Waals surface area contributed by atoms with E-state index in [2.05, 4.69) is 20.2 Å².